The van der Waals surface area contributed by atoms with Crippen molar-refractivity contribution in [1.29, 1.82) is 0 Å². The first-order valence-corrected chi connectivity index (χ1v) is 9.50. The lowest BCUT2D eigenvalue weighted by Crippen LogP contribution is -2.34. The van der Waals surface area contributed by atoms with Gasteiger partial charge in [-0.2, -0.15) is 0 Å². The summed E-state index contributed by atoms with van der Waals surface area (Å²) in [5, 5.41) is 2.97. The Hall–Kier alpha value is -2.66. The number of anilines is 2. The number of carbonyl (C=O) groups is 2. The average molecular weight is 365 g/mol. The molecular weight excluding hydrogens is 338 g/mol. The van der Waals surface area contributed by atoms with E-state index in [1.54, 1.807) is 11.9 Å². The van der Waals surface area contributed by atoms with Crippen LogP contribution in [-0.2, 0) is 16.0 Å². The van der Waals surface area contributed by atoms with E-state index in [-0.39, 0.29) is 23.8 Å². The molecule has 0 spiro atoms. The summed E-state index contributed by atoms with van der Waals surface area (Å²) < 4.78 is 0. The molecule has 1 aliphatic rings. The van der Waals surface area contributed by atoms with Crippen LogP contribution in [0.25, 0.3) is 0 Å². The zero-order valence-corrected chi connectivity index (χ0v) is 15.7. The van der Waals surface area contributed by atoms with E-state index in [1.165, 1.54) is 0 Å². The maximum absolute atomic E-state index is 12.5. The van der Waals surface area contributed by atoms with Gasteiger partial charge in [-0.05, 0) is 49.1 Å². The van der Waals surface area contributed by atoms with Crippen molar-refractivity contribution in [2.45, 2.75) is 38.1 Å². The van der Waals surface area contributed by atoms with Gasteiger partial charge in [0.05, 0.1) is 6.42 Å². The van der Waals surface area contributed by atoms with E-state index in [2.05, 4.69) is 5.32 Å². The summed E-state index contributed by atoms with van der Waals surface area (Å²) >= 11 is 0. The van der Waals surface area contributed by atoms with Crippen LogP contribution in [0.4, 0.5) is 11.4 Å². The van der Waals surface area contributed by atoms with Gasteiger partial charge in [0.15, 0.2) is 0 Å². The first-order valence-electron chi connectivity index (χ1n) is 9.50. The highest BCUT2D eigenvalue weighted by Gasteiger charge is 2.25. The summed E-state index contributed by atoms with van der Waals surface area (Å²) in [6.07, 6.45) is 3.98. The van der Waals surface area contributed by atoms with E-state index >= 15 is 0 Å². The fourth-order valence-electron chi connectivity index (χ4n) is 3.50. The lowest BCUT2D eigenvalue weighted by atomic mass is 9.85. The van der Waals surface area contributed by atoms with Gasteiger partial charge in [0.2, 0.25) is 11.8 Å². The molecule has 2 aromatic rings. The average Bonchev–Trinajstić information content (AvgIpc) is 2.69. The normalized spacial score (nSPS) is 19.3. The number of hydrogen-bond acceptors (Lipinski definition) is 3. The molecular formula is C22H27N3O2. The Labute approximate surface area is 160 Å². The van der Waals surface area contributed by atoms with E-state index in [1.807, 2.05) is 54.6 Å². The lowest BCUT2D eigenvalue weighted by Gasteiger charge is -2.25. The minimum atomic E-state index is -0.00507. The minimum Gasteiger partial charge on any atom is -0.328 e. The third-order valence-electron chi connectivity index (χ3n) is 5.18. The molecule has 0 aromatic heterocycles. The van der Waals surface area contributed by atoms with Gasteiger partial charge in [-0.1, -0.05) is 36.8 Å². The Morgan fingerprint density at radius 1 is 1.07 bits per heavy atom. The van der Waals surface area contributed by atoms with Crippen LogP contribution in [0.5, 0.6) is 0 Å². The van der Waals surface area contributed by atoms with Crippen LogP contribution in [0, 0.1) is 5.92 Å². The predicted molar refractivity (Wildman–Crippen MR) is 109 cm³/mol. The molecule has 142 valence electrons. The van der Waals surface area contributed by atoms with Crippen molar-refractivity contribution in [3.63, 3.8) is 0 Å². The molecule has 0 bridgehead atoms. The summed E-state index contributed by atoms with van der Waals surface area (Å²) in [4.78, 5) is 26.5. The number of nitrogens with two attached hydrogens (primary N) is 1. The molecule has 27 heavy (non-hydrogen) atoms. The van der Waals surface area contributed by atoms with Crippen molar-refractivity contribution in [2.75, 3.05) is 17.3 Å². The molecule has 0 saturated heterocycles. The second-order valence-electron chi connectivity index (χ2n) is 7.27. The minimum absolute atomic E-state index is 0.00507. The molecule has 2 atom stereocenters. The Morgan fingerprint density at radius 2 is 1.78 bits per heavy atom. The predicted octanol–water partition coefficient (Wildman–Crippen LogP) is 3.35. The highest BCUT2D eigenvalue weighted by Crippen LogP contribution is 2.24. The van der Waals surface area contributed by atoms with Gasteiger partial charge < -0.3 is 16.0 Å². The van der Waals surface area contributed by atoms with Gasteiger partial charge >= 0.3 is 0 Å². The highest BCUT2D eigenvalue weighted by molar-refractivity contribution is 5.95. The number of hydrogen-bond donors (Lipinski definition) is 2. The number of nitrogens with one attached hydrogen (secondary N) is 1. The molecule has 0 heterocycles. The van der Waals surface area contributed by atoms with Crippen LogP contribution >= 0.6 is 0 Å². The Morgan fingerprint density at radius 3 is 2.44 bits per heavy atom. The van der Waals surface area contributed by atoms with E-state index in [0.717, 1.165) is 42.6 Å². The number of likely N-dealkylation sites (N-methyl/N-ethyl adjacent to an activating group) is 1. The van der Waals surface area contributed by atoms with Crippen LogP contribution in [0.15, 0.2) is 54.6 Å². The van der Waals surface area contributed by atoms with E-state index in [9.17, 15) is 9.59 Å². The summed E-state index contributed by atoms with van der Waals surface area (Å²) in [6.45, 7) is 0. The van der Waals surface area contributed by atoms with Crippen LogP contribution in [0.2, 0.25) is 0 Å². The standard InChI is InChI=1S/C22H27N3O2/c1-25(20-8-3-2-4-9-20)21(26)14-16-10-12-19(13-11-16)24-22(27)17-6-5-7-18(23)15-17/h2-4,8-13,17-18H,5-7,14-15,23H2,1H3,(H,24,27). The summed E-state index contributed by atoms with van der Waals surface area (Å²) in [5.74, 6) is 0.0569. The van der Waals surface area contributed by atoms with Crippen molar-refractivity contribution < 1.29 is 9.59 Å². The third-order valence-corrected chi connectivity index (χ3v) is 5.18. The maximum Gasteiger partial charge on any atom is 0.231 e. The lowest BCUT2D eigenvalue weighted by molar-refractivity contribution is -0.121. The fourth-order valence-corrected chi connectivity index (χ4v) is 3.50. The molecule has 1 fully saturated rings. The van der Waals surface area contributed by atoms with E-state index < -0.39 is 0 Å². The quantitative estimate of drug-likeness (QED) is 0.853. The van der Waals surface area contributed by atoms with Crippen molar-refractivity contribution in [3.8, 4) is 0 Å². The molecule has 5 nitrogen and oxygen atoms in total. The summed E-state index contributed by atoms with van der Waals surface area (Å²) in [6, 6.07) is 17.2. The van der Waals surface area contributed by atoms with Crippen molar-refractivity contribution in [1.82, 2.24) is 0 Å². The number of para-hydroxylation sites is 1. The van der Waals surface area contributed by atoms with Crippen LogP contribution < -0.4 is 16.0 Å². The number of carbonyl (C=O) groups excluding carboxylic acids is 2. The van der Waals surface area contributed by atoms with Crippen LogP contribution in [0.1, 0.15) is 31.2 Å². The molecule has 0 radical (unpaired) electrons. The number of benzene rings is 2. The van der Waals surface area contributed by atoms with Gasteiger partial charge in [-0.15, -0.1) is 0 Å². The first kappa shape index (κ1) is 19.1. The second-order valence-corrected chi connectivity index (χ2v) is 7.27. The molecule has 2 aromatic carbocycles. The molecule has 2 unspecified atom stereocenters. The van der Waals surface area contributed by atoms with Gasteiger partial charge in [0.1, 0.15) is 0 Å². The maximum atomic E-state index is 12.5. The molecule has 0 aliphatic heterocycles. The number of amides is 2. The molecule has 5 heteroatoms. The first-order chi connectivity index (χ1) is 13.0. The van der Waals surface area contributed by atoms with Gasteiger partial charge in [0, 0.05) is 30.4 Å². The zero-order valence-electron chi connectivity index (χ0n) is 15.7. The van der Waals surface area contributed by atoms with Crippen LogP contribution in [0.3, 0.4) is 0 Å². The largest absolute Gasteiger partial charge is 0.328 e. The second kappa shape index (κ2) is 8.82. The van der Waals surface area contributed by atoms with Gasteiger partial charge in [0.25, 0.3) is 0 Å². The summed E-state index contributed by atoms with van der Waals surface area (Å²) in [7, 11) is 1.78. The Bertz CT molecular complexity index is 774. The number of rotatable bonds is 5. The fraction of sp³-hybridized carbons (Fsp3) is 0.364. The highest BCUT2D eigenvalue weighted by atomic mass is 16.2. The Balaban J connectivity index is 1.55. The van der Waals surface area contributed by atoms with Crippen molar-refractivity contribution in [2.24, 2.45) is 11.7 Å². The summed E-state index contributed by atoms with van der Waals surface area (Å²) in [5.41, 5.74) is 8.52. The molecule has 1 saturated carbocycles. The van der Waals surface area contributed by atoms with Gasteiger partial charge in [-0.3, -0.25) is 9.59 Å². The van der Waals surface area contributed by atoms with Crippen molar-refractivity contribution in [3.05, 3.63) is 60.2 Å². The molecule has 3 N–H and O–H groups in total. The van der Waals surface area contributed by atoms with E-state index in [0.29, 0.717) is 6.42 Å². The molecule has 1 aliphatic carbocycles. The SMILES string of the molecule is CN(C(=O)Cc1ccc(NC(=O)C2CCCC(N)C2)cc1)c1ccccc1. The monoisotopic (exact) mass is 365 g/mol. The molecule has 2 amide bonds. The van der Waals surface area contributed by atoms with Gasteiger partial charge in [-0.25, -0.2) is 0 Å². The number of nitrogens with zero attached hydrogens (tertiary/aromatic N) is 1. The molecule has 3 rings (SSSR count). The zero-order chi connectivity index (χ0) is 19.2. The third kappa shape index (κ3) is 5.17. The topological polar surface area (TPSA) is 75.4 Å². The Kier molecular flexibility index (Phi) is 6.24. The van der Waals surface area contributed by atoms with Crippen LogP contribution in [-0.4, -0.2) is 24.9 Å². The van der Waals surface area contributed by atoms with Crippen molar-refractivity contribution >= 4 is 23.2 Å². The van der Waals surface area contributed by atoms with E-state index in [4.69, 9.17) is 5.73 Å². The smallest absolute Gasteiger partial charge is 0.231 e.